The molecule has 0 aromatic carbocycles. The maximum atomic E-state index is 10.7. The molecule has 0 spiro atoms. The van der Waals surface area contributed by atoms with Crippen LogP contribution in [0, 0.1) is 0 Å². The van der Waals surface area contributed by atoms with Gasteiger partial charge in [0.2, 0.25) is 0 Å². The highest BCUT2D eigenvalue weighted by Crippen LogP contribution is 2.18. The van der Waals surface area contributed by atoms with E-state index in [0.29, 0.717) is 0 Å². The second-order valence-corrected chi connectivity index (χ2v) is 4.56. The number of carbonyl (C=O) groups is 1. The number of methoxy groups -OCH3 is 1. The molecule has 2 aliphatic carbocycles. The fourth-order valence-corrected chi connectivity index (χ4v) is 2.36. The van der Waals surface area contributed by atoms with Crippen LogP contribution in [-0.4, -0.2) is 18.4 Å². The molecular weight excluding hydrogens is 268 g/mol. The molecule has 0 amide bonds. The molecule has 0 radical (unpaired) electrons. The zero-order valence-electron chi connectivity index (χ0n) is 9.80. The molecule has 2 aliphatic rings. The molecule has 0 N–H and O–H groups in total. The highest BCUT2D eigenvalue weighted by molar-refractivity contribution is 9.09. The fourth-order valence-electron chi connectivity index (χ4n) is 1.85. The van der Waals surface area contributed by atoms with Gasteiger partial charge in [0.1, 0.15) is 0 Å². The predicted octanol–water partition coefficient (Wildman–Crippen LogP) is 3.76. The molecule has 16 heavy (non-hydrogen) atoms. The van der Waals surface area contributed by atoms with Gasteiger partial charge in [-0.15, -0.1) is 0 Å². The van der Waals surface area contributed by atoms with Crippen LogP contribution in [0.5, 0.6) is 0 Å². The van der Waals surface area contributed by atoms with Gasteiger partial charge >= 0.3 is 5.97 Å². The number of hydrogen-bond donors (Lipinski definition) is 0. The number of allylic oxidation sites excluding steroid dienone is 3. The lowest BCUT2D eigenvalue weighted by molar-refractivity contribution is -0.136. The quantitative estimate of drug-likeness (QED) is 0.439. The first-order chi connectivity index (χ1) is 7.77. The Morgan fingerprint density at radius 2 is 2.00 bits per heavy atom. The van der Waals surface area contributed by atoms with E-state index < -0.39 is 0 Å². The Bertz CT molecular complexity index is 292. The maximum Gasteiger partial charge on any atom is 0.333 e. The van der Waals surface area contributed by atoms with E-state index in [1.165, 1.54) is 26.4 Å². The van der Waals surface area contributed by atoms with Crippen LogP contribution in [-0.2, 0) is 9.53 Å². The number of rotatable bonds is 2. The van der Waals surface area contributed by atoms with Crippen LogP contribution in [0.4, 0.5) is 0 Å². The van der Waals surface area contributed by atoms with Gasteiger partial charge in [-0.05, 0) is 38.5 Å². The van der Waals surface area contributed by atoms with Crippen LogP contribution >= 0.6 is 15.9 Å². The topological polar surface area (TPSA) is 26.3 Å². The summed E-state index contributed by atoms with van der Waals surface area (Å²) >= 11 is 3.41. The van der Waals surface area contributed by atoms with Gasteiger partial charge in [0, 0.05) is 10.9 Å². The van der Waals surface area contributed by atoms with Crippen LogP contribution in [0.3, 0.4) is 0 Å². The van der Waals surface area contributed by atoms with E-state index in [-0.39, 0.29) is 5.97 Å². The molecule has 90 valence electrons. The van der Waals surface area contributed by atoms with Crippen molar-refractivity contribution in [3.63, 3.8) is 0 Å². The average molecular weight is 287 g/mol. The molecule has 0 unspecified atom stereocenters. The second-order valence-electron chi connectivity index (χ2n) is 4.00. The van der Waals surface area contributed by atoms with Crippen LogP contribution in [0.15, 0.2) is 23.3 Å². The summed E-state index contributed by atoms with van der Waals surface area (Å²) in [6, 6.07) is 0. The number of hydrogen-bond acceptors (Lipinski definition) is 2. The van der Waals surface area contributed by atoms with E-state index in [9.17, 15) is 4.79 Å². The summed E-state index contributed by atoms with van der Waals surface area (Å²) in [7, 11) is 1.42. The minimum Gasteiger partial charge on any atom is -0.466 e. The lowest BCUT2D eigenvalue weighted by Gasteiger charge is -1.95. The smallest absolute Gasteiger partial charge is 0.333 e. The Morgan fingerprint density at radius 3 is 2.38 bits per heavy atom. The van der Waals surface area contributed by atoms with Gasteiger partial charge in [0.15, 0.2) is 0 Å². The molecule has 0 saturated carbocycles. The Labute approximate surface area is 106 Å². The van der Waals surface area contributed by atoms with Gasteiger partial charge in [-0.2, -0.15) is 0 Å². The lowest BCUT2D eigenvalue weighted by atomic mass is 10.2. The summed E-state index contributed by atoms with van der Waals surface area (Å²) in [5.41, 5.74) is 2.43. The van der Waals surface area contributed by atoms with Crippen LogP contribution in [0.1, 0.15) is 38.5 Å². The van der Waals surface area contributed by atoms with E-state index in [1.807, 2.05) is 6.08 Å². The van der Waals surface area contributed by atoms with Crippen molar-refractivity contribution in [3.05, 3.63) is 23.3 Å². The second kappa shape index (κ2) is 7.66. The third-order valence-corrected chi connectivity index (χ3v) is 3.52. The number of halogens is 1. The molecule has 0 heterocycles. The highest BCUT2D eigenvalue weighted by Gasteiger charge is 2.12. The van der Waals surface area contributed by atoms with Gasteiger partial charge in [0.25, 0.3) is 0 Å². The Hall–Kier alpha value is -0.570. The van der Waals surface area contributed by atoms with Gasteiger partial charge in [-0.1, -0.05) is 33.7 Å². The summed E-state index contributed by atoms with van der Waals surface area (Å²) in [5, 5.41) is 1.09. The van der Waals surface area contributed by atoms with E-state index in [4.69, 9.17) is 0 Å². The first kappa shape index (κ1) is 13.5. The first-order valence-electron chi connectivity index (χ1n) is 5.79. The zero-order chi connectivity index (χ0) is 11.8. The molecule has 2 rings (SSSR count). The summed E-state index contributed by atoms with van der Waals surface area (Å²) < 4.78 is 4.53. The van der Waals surface area contributed by atoms with E-state index in [2.05, 4.69) is 26.7 Å². The lowest BCUT2D eigenvalue weighted by Crippen LogP contribution is -2.01. The third kappa shape index (κ3) is 4.52. The standard InChI is InChI=1S/C7H10O2.C6H9Br/c1-9-7(8)6-4-2-3-5-6;7-5-6-3-1-2-4-6/h4H,2-3,5H2,1H3;3H,1-2,4-5H2. The van der Waals surface area contributed by atoms with Gasteiger partial charge in [-0.3, -0.25) is 0 Å². The summed E-state index contributed by atoms with van der Waals surface area (Å²) in [6.07, 6.45) is 11.3. The minimum absolute atomic E-state index is 0.160. The van der Waals surface area contributed by atoms with Crippen LogP contribution in [0.2, 0.25) is 0 Å². The molecule has 0 aromatic heterocycles. The van der Waals surface area contributed by atoms with Gasteiger partial charge in [-0.25, -0.2) is 4.79 Å². The van der Waals surface area contributed by atoms with E-state index >= 15 is 0 Å². The number of ether oxygens (including phenoxy) is 1. The summed E-state index contributed by atoms with van der Waals surface area (Å²) in [6.45, 7) is 0. The van der Waals surface area contributed by atoms with Crippen molar-refractivity contribution in [2.24, 2.45) is 0 Å². The van der Waals surface area contributed by atoms with Crippen molar-refractivity contribution >= 4 is 21.9 Å². The van der Waals surface area contributed by atoms with Gasteiger partial charge < -0.3 is 4.74 Å². The molecular formula is C13H19BrO2. The van der Waals surface area contributed by atoms with Crippen LogP contribution < -0.4 is 0 Å². The Morgan fingerprint density at radius 1 is 1.31 bits per heavy atom. The molecule has 2 nitrogen and oxygen atoms in total. The average Bonchev–Trinajstić information content (AvgIpc) is 3.01. The monoisotopic (exact) mass is 286 g/mol. The Balaban J connectivity index is 0.000000165. The SMILES string of the molecule is BrCC1=CCCC1.COC(=O)C1=CCCC1. The van der Waals surface area contributed by atoms with Crippen molar-refractivity contribution in [1.29, 1.82) is 0 Å². The molecule has 0 aromatic rings. The largest absolute Gasteiger partial charge is 0.466 e. The maximum absolute atomic E-state index is 10.7. The minimum atomic E-state index is -0.160. The molecule has 0 fully saturated rings. The first-order valence-corrected chi connectivity index (χ1v) is 6.91. The summed E-state index contributed by atoms with van der Waals surface area (Å²) in [4.78, 5) is 10.7. The summed E-state index contributed by atoms with van der Waals surface area (Å²) in [5.74, 6) is -0.160. The highest BCUT2D eigenvalue weighted by atomic mass is 79.9. The van der Waals surface area contributed by atoms with Crippen LogP contribution in [0.25, 0.3) is 0 Å². The number of carbonyl (C=O) groups excluding carboxylic acids is 1. The van der Waals surface area contributed by atoms with Crippen molar-refractivity contribution < 1.29 is 9.53 Å². The normalized spacial score (nSPS) is 18.4. The van der Waals surface area contributed by atoms with Crippen molar-refractivity contribution in [2.75, 3.05) is 12.4 Å². The molecule has 3 heteroatoms. The fraction of sp³-hybridized carbons (Fsp3) is 0.615. The number of alkyl halides is 1. The number of esters is 1. The molecule has 0 bridgehead atoms. The predicted molar refractivity (Wildman–Crippen MR) is 69.7 cm³/mol. The third-order valence-electron chi connectivity index (χ3n) is 2.80. The molecule has 0 atom stereocenters. The van der Waals surface area contributed by atoms with E-state index in [0.717, 1.165) is 30.2 Å². The molecule has 0 saturated heterocycles. The van der Waals surface area contributed by atoms with Crippen molar-refractivity contribution in [1.82, 2.24) is 0 Å². The Kier molecular flexibility index (Phi) is 6.46. The van der Waals surface area contributed by atoms with Gasteiger partial charge in [0.05, 0.1) is 7.11 Å². The zero-order valence-corrected chi connectivity index (χ0v) is 11.4. The van der Waals surface area contributed by atoms with Crippen molar-refractivity contribution in [3.8, 4) is 0 Å². The van der Waals surface area contributed by atoms with Crippen molar-refractivity contribution in [2.45, 2.75) is 38.5 Å². The molecule has 0 aliphatic heterocycles. The van der Waals surface area contributed by atoms with E-state index in [1.54, 1.807) is 5.57 Å².